The van der Waals surface area contributed by atoms with Gasteiger partial charge >= 0.3 is 11.9 Å². The molecule has 0 rings (SSSR count). The Hall–Kier alpha value is -1.32. The Morgan fingerprint density at radius 1 is 0.543 bits per heavy atom. The second kappa shape index (κ2) is 27.3. The topological polar surface area (TPSA) is 52.6 Å². The summed E-state index contributed by atoms with van der Waals surface area (Å²) in [5, 5.41) is 0. The second-order valence-electron chi connectivity index (χ2n) is 10.3. The summed E-state index contributed by atoms with van der Waals surface area (Å²) < 4.78 is 10.4. The van der Waals surface area contributed by atoms with Crippen molar-refractivity contribution in [2.24, 2.45) is 0 Å². The molecule has 0 aliphatic heterocycles. The van der Waals surface area contributed by atoms with Gasteiger partial charge in [0.05, 0.1) is 12.7 Å². The molecule has 0 heterocycles. The Balaban J connectivity index is 3.36. The molecular formula is C31H58O4. The van der Waals surface area contributed by atoms with Gasteiger partial charge in [-0.3, -0.25) is 0 Å². The molecule has 0 bridgehead atoms. The molecule has 0 N–H and O–H groups in total. The minimum Gasteiger partial charge on any atom is -0.463 e. The van der Waals surface area contributed by atoms with Crippen LogP contribution in [0.1, 0.15) is 162 Å². The third-order valence-corrected chi connectivity index (χ3v) is 6.63. The fourth-order valence-electron chi connectivity index (χ4n) is 4.34. The van der Waals surface area contributed by atoms with Crippen molar-refractivity contribution < 1.29 is 19.1 Å². The first-order valence-corrected chi connectivity index (χ1v) is 15.2. The van der Waals surface area contributed by atoms with Crippen LogP contribution in [0, 0.1) is 0 Å². The third kappa shape index (κ3) is 27.1. The Morgan fingerprint density at radius 3 is 1.37 bits per heavy atom. The zero-order chi connectivity index (χ0) is 25.8. The van der Waals surface area contributed by atoms with Crippen LogP contribution in [0.4, 0.5) is 0 Å². The molecule has 0 fully saturated rings. The minimum absolute atomic E-state index is 0.116. The maximum Gasteiger partial charge on any atom is 0.331 e. The van der Waals surface area contributed by atoms with E-state index >= 15 is 0 Å². The fourth-order valence-corrected chi connectivity index (χ4v) is 4.34. The van der Waals surface area contributed by atoms with Crippen molar-refractivity contribution in [3.05, 3.63) is 12.2 Å². The zero-order valence-corrected chi connectivity index (χ0v) is 23.6. The van der Waals surface area contributed by atoms with E-state index < -0.39 is 11.9 Å². The Bertz CT molecular complexity index is 500. The van der Waals surface area contributed by atoms with Crippen molar-refractivity contribution in [2.45, 2.75) is 168 Å². The molecule has 0 spiro atoms. The summed E-state index contributed by atoms with van der Waals surface area (Å²) in [4.78, 5) is 23.4. The molecule has 0 aromatic heterocycles. The highest BCUT2D eigenvalue weighted by Gasteiger charge is 2.07. The molecule has 0 aliphatic rings. The normalized spacial score (nSPS) is 12.2. The van der Waals surface area contributed by atoms with Crippen LogP contribution in [0.15, 0.2) is 12.2 Å². The molecule has 0 aliphatic carbocycles. The van der Waals surface area contributed by atoms with Crippen molar-refractivity contribution in [2.75, 3.05) is 6.61 Å². The van der Waals surface area contributed by atoms with E-state index in [0.717, 1.165) is 38.5 Å². The number of carbonyl (C=O) groups excluding carboxylic acids is 2. The third-order valence-electron chi connectivity index (χ3n) is 6.63. The monoisotopic (exact) mass is 494 g/mol. The van der Waals surface area contributed by atoms with Gasteiger partial charge in [-0.15, -0.1) is 0 Å². The number of ether oxygens (including phenoxy) is 2. The number of rotatable bonds is 26. The molecule has 0 saturated heterocycles. The first-order valence-electron chi connectivity index (χ1n) is 15.2. The summed E-state index contributed by atoms with van der Waals surface area (Å²) in [5.41, 5.74) is 0. The van der Waals surface area contributed by atoms with E-state index in [2.05, 4.69) is 13.8 Å². The maximum atomic E-state index is 11.7. The molecule has 4 heteroatoms. The van der Waals surface area contributed by atoms with Gasteiger partial charge in [-0.2, -0.15) is 0 Å². The molecule has 35 heavy (non-hydrogen) atoms. The zero-order valence-electron chi connectivity index (χ0n) is 23.6. The van der Waals surface area contributed by atoms with Gasteiger partial charge in [0, 0.05) is 12.2 Å². The van der Waals surface area contributed by atoms with Gasteiger partial charge in [0.25, 0.3) is 0 Å². The molecule has 0 amide bonds. The highest BCUT2D eigenvalue weighted by molar-refractivity contribution is 5.91. The van der Waals surface area contributed by atoms with Gasteiger partial charge in [0.15, 0.2) is 0 Å². The van der Waals surface area contributed by atoms with E-state index in [0.29, 0.717) is 6.61 Å². The molecule has 0 radical (unpaired) electrons. The lowest BCUT2D eigenvalue weighted by atomic mass is 10.0. The summed E-state index contributed by atoms with van der Waals surface area (Å²) in [5.74, 6) is -0.938. The standard InChI is InChI=1S/C31H58O4/c1-4-6-8-9-10-11-12-13-14-15-16-17-18-19-20-21-22-24-28-34-30(32)26-27-31(33)35-29(3)25-23-7-5-2/h26-27,29H,4-25,28H2,1-3H3/b27-26+. The van der Waals surface area contributed by atoms with Gasteiger partial charge in [-0.05, 0) is 26.2 Å². The van der Waals surface area contributed by atoms with Crippen LogP contribution in [-0.2, 0) is 19.1 Å². The van der Waals surface area contributed by atoms with Gasteiger partial charge in [-0.25, -0.2) is 9.59 Å². The number of esters is 2. The van der Waals surface area contributed by atoms with E-state index in [1.54, 1.807) is 0 Å². The summed E-state index contributed by atoms with van der Waals surface area (Å²) in [6.07, 6.45) is 30.5. The van der Waals surface area contributed by atoms with Crippen LogP contribution in [0.25, 0.3) is 0 Å². The quantitative estimate of drug-likeness (QED) is 0.0682. The molecular weight excluding hydrogens is 436 g/mol. The van der Waals surface area contributed by atoms with Crippen molar-refractivity contribution in [1.82, 2.24) is 0 Å². The van der Waals surface area contributed by atoms with Crippen LogP contribution in [0.5, 0.6) is 0 Å². The van der Waals surface area contributed by atoms with Crippen molar-refractivity contribution in [3.63, 3.8) is 0 Å². The summed E-state index contributed by atoms with van der Waals surface area (Å²) in [7, 11) is 0. The predicted octanol–water partition coefficient (Wildman–Crippen LogP) is 9.64. The van der Waals surface area contributed by atoms with Gasteiger partial charge in [0.1, 0.15) is 0 Å². The largest absolute Gasteiger partial charge is 0.463 e. The molecule has 206 valence electrons. The first kappa shape index (κ1) is 33.7. The lowest BCUT2D eigenvalue weighted by molar-refractivity contribution is -0.143. The van der Waals surface area contributed by atoms with E-state index in [-0.39, 0.29) is 6.10 Å². The van der Waals surface area contributed by atoms with Crippen LogP contribution in [0.2, 0.25) is 0 Å². The van der Waals surface area contributed by atoms with E-state index in [1.165, 1.54) is 115 Å². The van der Waals surface area contributed by atoms with Crippen LogP contribution >= 0.6 is 0 Å². The number of carbonyl (C=O) groups is 2. The smallest absolute Gasteiger partial charge is 0.331 e. The van der Waals surface area contributed by atoms with Crippen LogP contribution in [0.3, 0.4) is 0 Å². The number of unbranched alkanes of at least 4 members (excludes halogenated alkanes) is 19. The van der Waals surface area contributed by atoms with E-state index in [4.69, 9.17) is 9.47 Å². The van der Waals surface area contributed by atoms with E-state index in [1.807, 2.05) is 6.92 Å². The Labute approximate surface area is 218 Å². The average molecular weight is 495 g/mol. The highest BCUT2D eigenvalue weighted by atomic mass is 16.5. The predicted molar refractivity (Wildman–Crippen MR) is 149 cm³/mol. The molecule has 1 atom stereocenters. The summed E-state index contributed by atoms with van der Waals surface area (Å²) in [6.45, 7) is 6.73. The van der Waals surface area contributed by atoms with E-state index in [9.17, 15) is 9.59 Å². The molecule has 0 aromatic carbocycles. The fraction of sp³-hybridized carbons (Fsp3) is 0.871. The maximum absolute atomic E-state index is 11.7. The lowest BCUT2D eigenvalue weighted by Crippen LogP contribution is -2.13. The number of hydrogen-bond donors (Lipinski definition) is 0. The second-order valence-corrected chi connectivity index (χ2v) is 10.3. The van der Waals surface area contributed by atoms with Crippen LogP contribution in [-0.4, -0.2) is 24.6 Å². The minimum atomic E-state index is -0.473. The first-order chi connectivity index (χ1) is 17.1. The van der Waals surface area contributed by atoms with Crippen LogP contribution < -0.4 is 0 Å². The van der Waals surface area contributed by atoms with Crippen molar-refractivity contribution in [1.29, 1.82) is 0 Å². The van der Waals surface area contributed by atoms with Gasteiger partial charge in [-0.1, -0.05) is 136 Å². The van der Waals surface area contributed by atoms with Crippen molar-refractivity contribution >= 4 is 11.9 Å². The average Bonchev–Trinajstić information content (AvgIpc) is 2.84. The molecule has 0 aromatic rings. The summed E-state index contributed by atoms with van der Waals surface area (Å²) >= 11 is 0. The Morgan fingerprint density at radius 2 is 0.914 bits per heavy atom. The molecule has 1 unspecified atom stereocenters. The molecule has 4 nitrogen and oxygen atoms in total. The van der Waals surface area contributed by atoms with Gasteiger partial charge < -0.3 is 9.47 Å². The van der Waals surface area contributed by atoms with Gasteiger partial charge in [0.2, 0.25) is 0 Å². The summed E-state index contributed by atoms with van der Waals surface area (Å²) in [6, 6.07) is 0. The lowest BCUT2D eigenvalue weighted by Gasteiger charge is -2.10. The highest BCUT2D eigenvalue weighted by Crippen LogP contribution is 2.14. The van der Waals surface area contributed by atoms with Crippen molar-refractivity contribution in [3.8, 4) is 0 Å². The molecule has 0 saturated carbocycles. The Kier molecular flexibility index (Phi) is 26.2. The number of hydrogen-bond acceptors (Lipinski definition) is 4. The SMILES string of the molecule is CCCCCCCCCCCCCCCCCCCCOC(=O)/C=C/C(=O)OC(C)CCCCC.